The summed E-state index contributed by atoms with van der Waals surface area (Å²) in [5.41, 5.74) is 4.75. The predicted molar refractivity (Wildman–Crippen MR) is 74.0 cm³/mol. The van der Waals surface area contributed by atoms with Crippen molar-refractivity contribution in [2.75, 3.05) is 12.8 Å². The van der Waals surface area contributed by atoms with Gasteiger partial charge >= 0.3 is 13.9 Å². The number of hydrogen-bond acceptors (Lipinski definition) is 8. The molecule has 2 rings (SSSR count). The van der Waals surface area contributed by atoms with Crippen LogP contribution in [0, 0.1) is 0 Å². The highest BCUT2D eigenvalue weighted by atomic mass is 31.1. The van der Waals surface area contributed by atoms with Crippen LogP contribution in [0.3, 0.4) is 0 Å². The van der Waals surface area contributed by atoms with Gasteiger partial charge in [-0.25, -0.2) is 4.79 Å². The maximum absolute atomic E-state index is 11.9. The second kappa shape index (κ2) is 6.78. The number of rotatable bonds is 5. The van der Waals surface area contributed by atoms with Gasteiger partial charge in [-0.2, -0.15) is 4.98 Å². The number of nitrogen functional groups attached to an aromatic ring is 1. The molecule has 6 atom stereocenters. The second-order valence-corrected chi connectivity index (χ2v) is 5.47. The summed E-state index contributed by atoms with van der Waals surface area (Å²) in [5.74, 6) is 0.0477. The Kier molecular flexibility index (Phi) is 5.22. The van der Waals surface area contributed by atoms with Gasteiger partial charge < -0.3 is 20.3 Å². The van der Waals surface area contributed by atoms with Crippen LogP contribution in [0.1, 0.15) is 13.2 Å². The maximum atomic E-state index is 11.9. The predicted octanol–water partition coefficient (Wildman–Crippen LogP) is -0.846. The van der Waals surface area contributed by atoms with Gasteiger partial charge in [-0.1, -0.05) is 0 Å². The Balaban J connectivity index is 2.39. The molecule has 0 radical (unpaired) electrons. The van der Waals surface area contributed by atoms with Crippen molar-refractivity contribution in [3.8, 4) is 0 Å². The summed E-state index contributed by atoms with van der Waals surface area (Å²) >= 11 is 0. The minimum atomic E-state index is -2.94. The molecule has 1 aliphatic rings. The van der Waals surface area contributed by atoms with Crippen molar-refractivity contribution in [2.24, 2.45) is 0 Å². The first-order valence-electron chi connectivity index (χ1n) is 6.39. The van der Waals surface area contributed by atoms with Crippen LogP contribution in [0.4, 0.5) is 5.82 Å². The van der Waals surface area contributed by atoms with Crippen molar-refractivity contribution in [2.45, 2.75) is 37.6 Å². The monoisotopic (exact) mass is 334 g/mol. The smallest absolute Gasteiger partial charge is 0.391 e. The fourth-order valence-corrected chi connectivity index (χ4v) is 2.82. The topological polar surface area (TPSA) is 146 Å². The summed E-state index contributed by atoms with van der Waals surface area (Å²) in [6.45, 7) is 1.44. The van der Waals surface area contributed by atoms with Crippen molar-refractivity contribution in [1.82, 2.24) is 9.55 Å². The molecule has 0 aliphatic carbocycles. The molecule has 1 fully saturated rings. The molecule has 2 heterocycles. The lowest BCUT2D eigenvalue weighted by molar-refractivity contribution is -0.0816. The van der Waals surface area contributed by atoms with E-state index >= 15 is 0 Å². The molecule has 0 amide bonds. The maximum Gasteiger partial charge on any atom is 0.695 e. The average molecular weight is 334 g/mol. The van der Waals surface area contributed by atoms with E-state index in [1.807, 2.05) is 0 Å². The van der Waals surface area contributed by atoms with E-state index in [-0.39, 0.29) is 5.82 Å². The third kappa shape index (κ3) is 3.32. The van der Waals surface area contributed by atoms with Gasteiger partial charge in [0.05, 0.1) is 6.10 Å². The van der Waals surface area contributed by atoms with Crippen LogP contribution in [0.25, 0.3) is 0 Å². The molecule has 122 valence electrons. The first kappa shape index (κ1) is 16.9. The van der Waals surface area contributed by atoms with E-state index in [4.69, 9.17) is 24.6 Å². The number of aromatic nitrogens is 2. The molecule has 11 heteroatoms. The van der Waals surface area contributed by atoms with Crippen molar-refractivity contribution < 1.29 is 28.6 Å². The van der Waals surface area contributed by atoms with Crippen LogP contribution < -0.4 is 11.4 Å². The van der Waals surface area contributed by atoms with Gasteiger partial charge in [0, 0.05) is 17.9 Å². The lowest BCUT2D eigenvalue weighted by atomic mass is 10.1. The molecule has 1 aromatic heterocycles. The van der Waals surface area contributed by atoms with Crippen LogP contribution in [0.15, 0.2) is 17.1 Å². The summed E-state index contributed by atoms with van der Waals surface area (Å²) in [6.07, 6.45) is -3.51. The van der Waals surface area contributed by atoms with Gasteiger partial charge in [0.25, 0.3) is 0 Å². The molecular weight excluding hydrogens is 317 g/mol. The molecule has 4 N–H and O–H groups in total. The van der Waals surface area contributed by atoms with E-state index in [1.165, 1.54) is 26.3 Å². The van der Waals surface area contributed by atoms with E-state index in [0.29, 0.717) is 0 Å². The first-order chi connectivity index (χ1) is 10.3. The van der Waals surface area contributed by atoms with E-state index in [9.17, 15) is 14.5 Å². The fraction of sp³-hybridized carbons (Fsp3) is 0.636. The highest BCUT2D eigenvalue weighted by Gasteiger charge is 2.52. The van der Waals surface area contributed by atoms with Gasteiger partial charge in [0.2, 0.25) is 0 Å². The SMILES string of the molecule is COC1C(O[P+](=O)O)[C@@H]([C@H](C)O)O[C@H]1n1ccc(N)nc1=O. The quantitative estimate of drug-likeness (QED) is 0.586. The Morgan fingerprint density at radius 1 is 1.55 bits per heavy atom. The Hall–Kier alpha value is -1.42. The fourth-order valence-electron chi connectivity index (χ4n) is 2.37. The molecule has 1 saturated heterocycles. The summed E-state index contributed by atoms with van der Waals surface area (Å²) in [4.78, 5) is 24.5. The highest BCUT2D eigenvalue weighted by Crippen LogP contribution is 2.38. The normalized spacial score (nSPS) is 30.3. The summed E-state index contributed by atoms with van der Waals surface area (Å²) in [7, 11) is -1.60. The molecule has 0 saturated carbocycles. The number of methoxy groups -OCH3 is 1. The Bertz CT molecular complexity index is 608. The van der Waals surface area contributed by atoms with Gasteiger partial charge in [0.1, 0.15) is 18.0 Å². The number of nitrogens with zero attached hydrogens (tertiary/aromatic N) is 2. The molecular formula is C11H17N3O7P+. The molecule has 3 unspecified atom stereocenters. The molecule has 10 nitrogen and oxygen atoms in total. The molecule has 22 heavy (non-hydrogen) atoms. The van der Waals surface area contributed by atoms with Gasteiger partial charge in [-0.15, -0.1) is 9.42 Å². The lowest BCUT2D eigenvalue weighted by Gasteiger charge is -2.19. The first-order valence-corrected chi connectivity index (χ1v) is 7.52. The Labute approximate surface area is 126 Å². The van der Waals surface area contributed by atoms with E-state index in [2.05, 4.69) is 4.98 Å². The third-order valence-electron chi connectivity index (χ3n) is 3.31. The molecule has 0 aromatic carbocycles. The van der Waals surface area contributed by atoms with Gasteiger partial charge in [-0.3, -0.25) is 4.57 Å². The zero-order valence-corrected chi connectivity index (χ0v) is 12.8. The Morgan fingerprint density at radius 3 is 2.73 bits per heavy atom. The minimum Gasteiger partial charge on any atom is -0.391 e. The summed E-state index contributed by atoms with van der Waals surface area (Å²) < 4.78 is 27.8. The standard InChI is InChI=1S/C11H16N3O7P/c1-5(15)7-8(21-22(17)18)9(19-2)10(20-7)14-4-3-6(12)13-11(14)16/h3-5,7-10,15H,1-2H3,(H2-,12,13,16,17,18)/p+1/t5-,7+,8?,9?,10+/m0/s1. The van der Waals surface area contributed by atoms with E-state index < -0.39 is 44.6 Å². The van der Waals surface area contributed by atoms with Crippen molar-refractivity contribution in [3.63, 3.8) is 0 Å². The molecule has 0 spiro atoms. The number of hydrogen-bond donors (Lipinski definition) is 3. The minimum absolute atomic E-state index is 0.0477. The van der Waals surface area contributed by atoms with Crippen molar-refractivity contribution >= 4 is 14.1 Å². The van der Waals surface area contributed by atoms with Crippen LogP contribution in [-0.2, 0) is 18.6 Å². The zero-order valence-electron chi connectivity index (χ0n) is 11.9. The van der Waals surface area contributed by atoms with E-state index in [0.717, 1.165) is 4.57 Å². The molecule has 0 bridgehead atoms. The van der Waals surface area contributed by atoms with E-state index in [1.54, 1.807) is 0 Å². The van der Waals surface area contributed by atoms with Crippen LogP contribution in [-0.4, -0.2) is 51.1 Å². The summed E-state index contributed by atoms with van der Waals surface area (Å²) in [6, 6.07) is 1.40. The number of nitrogens with two attached hydrogens (primary N) is 1. The second-order valence-electron chi connectivity index (χ2n) is 4.78. The van der Waals surface area contributed by atoms with Gasteiger partial charge in [-0.05, 0) is 13.0 Å². The van der Waals surface area contributed by atoms with Crippen LogP contribution in [0.5, 0.6) is 0 Å². The van der Waals surface area contributed by atoms with Crippen LogP contribution >= 0.6 is 8.25 Å². The number of anilines is 1. The molecule has 1 aromatic rings. The third-order valence-corrected chi connectivity index (χ3v) is 3.73. The van der Waals surface area contributed by atoms with Crippen molar-refractivity contribution in [1.29, 1.82) is 0 Å². The van der Waals surface area contributed by atoms with Crippen molar-refractivity contribution in [3.05, 3.63) is 22.7 Å². The van der Waals surface area contributed by atoms with Crippen LogP contribution in [0.2, 0.25) is 0 Å². The van der Waals surface area contributed by atoms with Gasteiger partial charge in [0.15, 0.2) is 12.3 Å². The zero-order chi connectivity index (χ0) is 16.4. The summed E-state index contributed by atoms with van der Waals surface area (Å²) in [5, 5.41) is 9.77. The number of aliphatic hydroxyl groups excluding tert-OH is 1. The molecule has 1 aliphatic heterocycles. The lowest BCUT2D eigenvalue weighted by Crippen LogP contribution is -2.40. The average Bonchev–Trinajstić information content (AvgIpc) is 2.76. The number of aliphatic hydroxyl groups is 1. The highest BCUT2D eigenvalue weighted by molar-refractivity contribution is 7.32. The number of ether oxygens (including phenoxy) is 2. The Morgan fingerprint density at radius 2 is 2.23 bits per heavy atom. The largest absolute Gasteiger partial charge is 0.695 e.